The van der Waals surface area contributed by atoms with Crippen LogP contribution in [0.3, 0.4) is 0 Å². The van der Waals surface area contributed by atoms with E-state index in [4.69, 9.17) is 9.47 Å². The maximum atomic E-state index is 13.5. The highest BCUT2D eigenvalue weighted by molar-refractivity contribution is 5.80. The smallest absolute Gasteiger partial charge is 0.258 e. The summed E-state index contributed by atoms with van der Waals surface area (Å²) in [5.74, 6) is 1.48. The van der Waals surface area contributed by atoms with E-state index >= 15 is 0 Å². The molecule has 0 aliphatic carbocycles. The summed E-state index contributed by atoms with van der Waals surface area (Å²) < 4.78 is 13.4. The Labute approximate surface area is 209 Å². The van der Waals surface area contributed by atoms with E-state index in [-0.39, 0.29) is 17.7 Å². The highest BCUT2D eigenvalue weighted by Crippen LogP contribution is 2.24. The van der Waals surface area contributed by atoms with Gasteiger partial charge in [-0.05, 0) is 60.0 Å². The topological polar surface area (TPSA) is 99.4 Å². The minimum Gasteiger partial charge on any atom is -0.494 e. The van der Waals surface area contributed by atoms with Crippen molar-refractivity contribution >= 4 is 10.9 Å². The van der Waals surface area contributed by atoms with Gasteiger partial charge in [-0.3, -0.25) is 4.79 Å². The lowest BCUT2D eigenvalue weighted by molar-refractivity contribution is -0.942. The van der Waals surface area contributed by atoms with Gasteiger partial charge in [0.2, 0.25) is 5.82 Å². The number of aromatic amines is 1. The third-order valence-electron chi connectivity index (χ3n) is 7.34. The molecular weight excluding hydrogens is 456 g/mol. The number of tetrazole rings is 1. The molecule has 3 atom stereocenters. The zero-order valence-electron chi connectivity index (χ0n) is 20.4. The lowest BCUT2D eigenvalue weighted by Gasteiger charge is -2.32. The van der Waals surface area contributed by atoms with E-state index in [1.807, 2.05) is 35.9 Å². The van der Waals surface area contributed by atoms with E-state index in [0.29, 0.717) is 24.5 Å². The fraction of sp³-hybridized carbons (Fsp3) is 0.407. The van der Waals surface area contributed by atoms with Crippen LogP contribution in [0.5, 0.6) is 5.75 Å². The Morgan fingerprint density at radius 3 is 2.94 bits per heavy atom. The van der Waals surface area contributed by atoms with Crippen molar-refractivity contribution in [2.24, 2.45) is 0 Å². The maximum absolute atomic E-state index is 13.5. The molecule has 4 aromatic rings. The molecular formula is C27H31N6O3+. The minimum absolute atomic E-state index is 0.0913. The molecule has 36 heavy (non-hydrogen) atoms. The summed E-state index contributed by atoms with van der Waals surface area (Å²) in [7, 11) is 0. The molecule has 0 radical (unpaired) electrons. The number of hydrogen-bond acceptors (Lipinski definition) is 6. The number of nitrogens with one attached hydrogen (secondary N) is 2. The summed E-state index contributed by atoms with van der Waals surface area (Å²) in [6.07, 6.45) is 3.07. The van der Waals surface area contributed by atoms with Gasteiger partial charge < -0.3 is 19.4 Å². The van der Waals surface area contributed by atoms with Crippen LogP contribution < -0.4 is 15.2 Å². The first kappa shape index (κ1) is 22.9. The number of quaternary nitrogens is 1. The third kappa shape index (κ3) is 4.40. The fourth-order valence-corrected chi connectivity index (χ4v) is 5.59. The van der Waals surface area contributed by atoms with Crippen LogP contribution in [0, 0.1) is 0 Å². The van der Waals surface area contributed by atoms with Crippen LogP contribution in [0.25, 0.3) is 10.9 Å². The number of nitrogens with zero attached hydrogens (tertiary/aromatic N) is 4. The van der Waals surface area contributed by atoms with Crippen molar-refractivity contribution in [2.75, 3.05) is 19.8 Å². The van der Waals surface area contributed by atoms with Crippen LogP contribution in [-0.4, -0.2) is 51.1 Å². The number of pyridine rings is 1. The van der Waals surface area contributed by atoms with Crippen molar-refractivity contribution in [3.63, 3.8) is 0 Å². The quantitative estimate of drug-likeness (QED) is 0.413. The molecule has 1 fully saturated rings. The molecule has 9 nitrogen and oxygen atoms in total. The SMILES string of the molecule is CCOc1ccc2[nH]c(=O)c([C@@H](c3nnnn3C[C@H]3CCCO3)[NH+]3CCc4ccccc4C3)cc2c1. The molecule has 2 aromatic heterocycles. The highest BCUT2D eigenvalue weighted by Gasteiger charge is 2.36. The summed E-state index contributed by atoms with van der Waals surface area (Å²) in [6.45, 7) is 5.58. The molecule has 2 aliphatic heterocycles. The van der Waals surface area contributed by atoms with E-state index in [0.717, 1.165) is 55.6 Å². The van der Waals surface area contributed by atoms with E-state index in [1.165, 1.54) is 16.0 Å². The Kier molecular flexibility index (Phi) is 6.25. The lowest BCUT2D eigenvalue weighted by atomic mass is 9.96. The molecule has 2 aliphatic rings. The zero-order valence-corrected chi connectivity index (χ0v) is 20.4. The van der Waals surface area contributed by atoms with Gasteiger partial charge in [0.25, 0.3) is 5.56 Å². The minimum atomic E-state index is -0.321. The highest BCUT2D eigenvalue weighted by atomic mass is 16.5. The summed E-state index contributed by atoms with van der Waals surface area (Å²) in [5, 5.41) is 13.8. The van der Waals surface area contributed by atoms with E-state index in [9.17, 15) is 4.79 Å². The third-order valence-corrected chi connectivity index (χ3v) is 7.34. The maximum Gasteiger partial charge on any atom is 0.258 e. The van der Waals surface area contributed by atoms with Gasteiger partial charge in [-0.1, -0.05) is 24.3 Å². The second-order valence-corrected chi connectivity index (χ2v) is 9.63. The number of rotatable bonds is 7. The van der Waals surface area contributed by atoms with Crippen LogP contribution in [0.2, 0.25) is 0 Å². The first-order chi connectivity index (χ1) is 17.7. The summed E-state index contributed by atoms with van der Waals surface area (Å²) in [6, 6.07) is 16.0. The van der Waals surface area contributed by atoms with Crippen LogP contribution in [0.1, 0.15) is 48.3 Å². The molecule has 9 heteroatoms. The van der Waals surface area contributed by atoms with Gasteiger partial charge in [-0.2, -0.15) is 0 Å². The molecule has 186 valence electrons. The molecule has 1 unspecified atom stereocenters. The monoisotopic (exact) mass is 487 g/mol. The average Bonchev–Trinajstić information content (AvgIpc) is 3.58. The van der Waals surface area contributed by atoms with Crippen LogP contribution in [-0.2, 0) is 24.2 Å². The normalized spacial score (nSPS) is 20.4. The number of fused-ring (bicyclic) bond motifs is 2. The summed E-state index contributed by atoms with van der Waals surface area (Å²) in [4.78, 5) is 17.9. The van der Waals surface area contributed by atoms with Crippen molar-refractivity contribution in [2.45, 2.75) is 51.4 Å². The number of aromatic nitrogens is 5. The number of H-pyrrole nitrogens is 1. The Morgan fingerprint density at radius 2 is 2.11 bits per heavy atom. The molecule has 0 amide bonds. The Morgan fingerprint density at radius 1 is 1.22 bits per heavy atom. The predicted octanol–water partition coefficient (Wildman–Crippen LogP) is 1.82. The summed E-state index contributed by atoms with van der Waals surface area (Å²) >= 11 is 0. The average molecular weight is 488 g/mol. The van der Waals surface area contributed by atoms with Gasteiger partial charge in [-0.25, -0.2) is 4.68 Å². The van der Waals surface area contributed by atoms with Crippen molar-refractivity contribution in [3.05, 3.63) is 81.4 Å². The second-order valence-electron chi connectivity index (χ2n) is 9.63. The number of ether oxygens (including phenoxy) is 2. The Bertz CT molecular complexity index is 1420. The molecule has 0 saturated carbocycles. The fourth-order valence-electron chi connectivity index (χ4n) is 5.59. The second kappa shape index (κ2) is 9.83. The van der Waals surface area contributed by atoms with Gasteiger partial charge in [0.1, 0.15) is 12.3 Å². The zero-order chi connectivity index (χ0) is 24.5. The van der Waals surface area contributed by atoms with E-state index in [2.05, 4.69) is 44.8 Å². The molecule has 2 N–H and O–H groups in total. The lowest BCUT2D eigenvalue weighted by Crippen LogP contribution is -3.12. The van der Waals surface area contributed by atoms with Crippen LogP contribution in [0.15, 0.2) is 53.3 Å². The predicted molar refractivity (Wildman–Crippen MR) is 134 cm³/mol. The molecule has 0 spiro atoms. The Hall–Kier alpha value is -3.56. The van der Waals surface area contributed by atoms with Crippen molar-refractivity contribution < 1.29 is 14.4 Å². The first-order valence-electron chi connectivity index (χ1n) is 12.8. The molecule has 1 saturated heterocycles. The van der Waals surface area contributed by atoms with Crippen LogP contribution in [0.4, 0.5) is 0 Å². The molecule has 4 heterocycles. The van der Waals surface area contributed by atoms with Gasteiger partial charge in [0.05, 0.1) is 31.4 Å². The van der Waals surface area contributed by atoms with Crippen molar-refractivity contribution in [1.29, 1.82) is 0 Å². The Balaban J connectivity index is 1.45. The van der Waals surface area contributed by atoms with E-state index < -0.39 is 0 Å². The van der Waals surface area contributed by atoms with Crippen molar-refractivity contribution in [3.8, 4) is 5.75 Å². The largest absolute Gasteiger partial charge is 0.494 e. The summed E-state index contributed by atoms with van der Waals surface area (Å²) in [5.41, 5.74) is 4.00. The number of benzene rings is 2. The molecule has 0 bridgehead atoms. The van der Waals surface area contributed by atoms with Gasteiger partial charge in [0.15, 0.2) is 6.04 Å². The van der Waals surface area contributed by atoms with Crippen molar-refractivity contribution in [1.82, 2.24) is 25.2 Å². The van der Waals surface area contributed by atoms with Crippen LogP contribution >= 0.6 is 0 Å². The van der Waals surface area contributed by atoms with Gasteiger partial charge in [-0.15, -0.1) is 5.10 Å². The number of hydrogen-bond donors (Lipinski definition) is 2. The van der Waals surface area contributed by atoms with Gasteiger partial charge >= 0.3 is 0 Å². The van der Waals surface area contributed by atoms with E-state index in [1.54, 1.807) is 0 Å². The molecule has 6 rings (SSSR count). The van der Waals surface area contributed by atoms with Gasteiger partial charge in [0, 0.05) is 29.5 Å². The first-order valence-corrected chi connectivity index (χ1v) is 12.8. The standard InChI is InChI=1S/C27H30N6O3/c1-2-35-21-9-10-24-20(14-21)15-23(27(34)28-24)25(32-12-11-18-6-3-4-7-19(18)16-32)26-29-30-31-33(26)17-22-8-5-13-36-22/h3-4,6-7,9-10,14-15,22,25H,2,5,8,11-13,16-17H2,1H3,(H,28,34)/p+1/t22-,25+/m1/s1. The molecule has 2 aromatic carbocycles.